The molecule has 76 heavy (non-hydrogen) atoms. The smallest absolute Gasteiger partial charge is 0.139 e. The van der Waals surface area contributed by atoms with Crippen molar-refractivity contribution in [1.82, 2.24) is 4.57 Å². The summed E-state index contributed by atoms with van der Waals surface area (Å²) < 4.78 is 9.81. The molecule has 2 N–H and O–H groups in total. The average Bonchev–Trinajstić information content (AvgIpc) is 4.24. The highest BCUT2D eigenvalue weighted by molar-refractivity contribution is 6.70. The first-order valence-corrected chi connectivity index (χ1v) is 27.6. The van der Waals surface area contributed by atoms with Crippen molar-refractivity contribution in [3.63, 3.8) is 0 Å². The number of rotatable bonds is 4. The maximum Gasteiger partial charge on any atom is 0.139 e. The van der Waals surface area contributed by atoms with Gasteiger partial charge in [-0.15, -0.1) is 49.2 Å². The van der Waals surface area contributed by atoms with Gasteiger partial charge in [0.05, 0.1) is 22.5 Å². The van der Waals surface area contributed by atoms with E-state index in [1.54, 1.807) is 0 Å². The summed E-state index contributed by atoms with van der Waals surface area (Å²) >= 11 is 0. The maximum absolute atomic E-state index is 7.76. The number of hydrogen-bond donors (Lipinski definition) is 1. The van der Waals surface area contributed by atoms with Crippen molar-refractivity contribution in [2.24, 2.45) is 5.73 Å². The van der Waals surface area contributed by atoms with E-state index in [0.29, 0.717) is 5.82 Å². The van der Waals surface area contributed by atoms with E-state index >= 15 is 0 Å². The number of allylic oxidation sites excluding steroid dienone is 8. The second-order valence-electron chi connectivity index (χ2n) is 23.5. The van der Waals surface area contributed by atoms with E-state index in [1.165, 1.54) is 138 Å². The lowest BCUT2D eigenvalue weighted by Crippen LogP contribution is -2.62. The van der Waals surface area contributed by atoms with E-state index in [-0.39, 0.29) is 12.0 Å². The van der Waals surface area contributed by atoms with E-state index in [9.17, 15) is 0 Å². The van der Waals surface area contributed by atoms with E-state index in [1.807, 2.05) is 0 Å². The molecule has 4 unspecified atom stereocenters. The molecule has 1 aliphatic carbocycles. The molecular weight excluding hydrogens is 905 g/mol. The van der Waals surface area contributed by atoms with Gasteiger partial charge in [-0.25, -0.2) is 0 Å². The van der Waals surface area contributed by atoms with E-state index < -0.39 is 10.8 Å². The molecule has 0 amide bonds. The van der Waals surface area contributed by atoms with Crippen LogP contribution in [-0.4, -0.2) is 128 Å². The van der Waals surface area contributed by atoms with Crippen LogP contribution in [-0.2, 0) is 10.8 Å². The Hall–Kier alpha value is -6.59. The monoisotopic (exact) mass is 964 g/mol. The van der Waals surface area contributed by atoms with Crippen molar-refractivity contribution >= 4 is 250 Å². The summed E-state index contributed by atoms with van der Waals surface area (Å²) in [7, 11) is 35.1. The lowest BCUT2D eigenvalue weighted by atomic mass is 9.48. The average molecular weight is 961 g/mol. The zero-order chi connectivity index (χ0) is 53.5. The Morgan fingerprint density at radius 3 is 1.71 bits per heavy atom. The largest absolute Gasteiger partial charge is 0.457 e. The zero-order valence-corrected chi connectivity index (χ0v) is 47.5. The van der Waals surface area contributed by atoms with Crippen molar-refractivity contribution in [3.8, 4) is 11.5 Å². The summed E-state index contributed by atoms with van der Waals surface area (Å²) in [6.07, 6.45) is 15.0. The van der Waals surface area contributed by atoms with Gasteiger partial charge in [-0.05, 0) is 88.4 Å². The molecule has 0 bridgehead atoms. The van der Waals surface area contributed by atoms with E-state index in [2.05, 4.69) is 249 Å². The third kappa shape index (κ3) is 5.96. The fraction of sp³-hybridized carbons (Fsp3) is 0.0877. The third-order valence-electron chi connectivity index (χ3n) is 20.8. The van der Waals surface area contributed by atoms with Crippen molar-refractivity contribution in [1.29, 1.82) is 0 Å². The minimum absolute atomic E-state index is 0.131. The van der Waals surface area contributed by atoms with Gasteiger partial charge in [-0.3, -0.25) is 4.57 Å². The van der Waals surface area contributed by atoms with Gasteiger partial charge < -0.3 is 15.4 Å². The quantitative estimate of drug-likeness (QED) is 0.179. The molecule has 0 radical (unpaired) electrons. The number of nitrogens with two attached hydrogens (primary N) is 1. The maximum atomic E-state index is 7.76. The number of aromatic nitrogens is 1. The number of hydrogen-bond acceptors (Lipinski definition) is 3. The fourth-order valence-corrected chi connectivity index (χ4v) is 15.9. The molecule has 8 aromatic rings. The Labute approximate surface area is 462 Å². The van der Waals surface area contributed by atoms with Gasteiger partial charge in [0.25, 0.3) is 0 Å². The SMILES string of the molecule is Bc1c(B)c(B)c(C2=CC=CC2(c2c(B)c(B)c(B)c(B)c2B)C2c3ccccc3N3c4cccc5c4C4(/C=C/C(c6c(B)c(B)c(B)c(B)c6B)=C(C)\C=C(/N)n6c7ccccc7c7ccc(c4c76)O5)C23)c(B)c1B. The van der Waals surface area contributed by atoms with Crippen LogP contribution in [0, 0.1) is 0 Å². The second kappa shape index (κ2) is 16.7. The second-order valence-corrected chi connectivity index (χ2v) is 23.5. The van der Waals surface area contributed by atoms with Crippen LogP contribution >= 0.6 is 0 Å². The molecule has 0 saturated carbocycles. The van der Waals surface area contributed by atoms with Crippen LogP contribution in [0.3, 0.4) is 0 Å². The van der Waals surface area contributed by atoms with Gasteiger partial charge >= 0.3 is 0 Å². The lowest BCUT2D eigenvalue weighted by molar-refractivity contribution is 0.361. The molecule has 7 aromatic carbocycles. The molecule has 4 atom stereocenters. The van der Waals surface area contributed by atoms with E-state index in [0.717, 1.165) is 39.1 Å². The van der Waals surface area contributed by atoms with Crippen LogP contribution in [0.1, 0.15) is 46.2 Å². The Morgan fingerprint density at radius 2 is 1.05 bits per heavy atom. The van der Waals surface area contributed by atoms with Crippen molar-refractivity contribution in [2.75, 3.05) is 4.90 Å². The van der Waals surface area contributed by atoms with Gasteiger partial charge in [-0.2, -0.15) is 0 Å². The highest BCUT2D eigenvalue weighted by Crippen LogP contribution is 2.71. The van der Waals surface area contributed by atoms with Gasteiger partial charge in [-0.1, -0.05) is 106 Å². The van der Waals surface area contributed by atoms with Gasteiger partial charge in [0.1, 0.15) is 135 Å². The van der Waals surface area contributed by atoms with Crippen LogP contribution in [0.2, 0.25) is 0 Å². The summed E-state index contributed by atoms with van der Waals surface area (Å²) in [5.41, 5.74) is 42.7. The molecule has 0 saturated heterocycles. The van der Waals surface area contributed by atoms with Crippen LogP contribution in [0.5, 0.6) is 11.5 Å². The Balaban J connectivity index is 1.26. The van der Waals surface area contributed by atoms with Gasteiger partial charge in [0.2, 0.25) is 0 Å². The molecule has 4 nitrogen and oxygen atoms in total. The first-order valence-electron chi connectivity index (χ1n) is 27.6. The Kier molecular flexibility index (Phi) is 10.8. The predicted molar refractivity (Wildman–Crippen MR) is 373 cm³/mol. The first kappa shape index (κ1) is 49.0. The summed E-state index contributed by atoms with van der Waals surface area (Å²) in [6.45, 7) is 2.27. The first-order chi connectivity index (χ1) is 36.3. The molecule has 5 heterocycles. The summed E-state index contributed by atoms with van der Waals surface area (Å²) in [5.74, 6) is 2.32. The minimum atomic E-state index is -0.817. The number of ether oxygens (including phenoxy) is 1. The van der Waals surface area contributed by atoms with Gasteiger partial charge in [0.15, 0.2) is 0 Å². The molecule has 5 aliphatic rings. The molecule has 0 fully saturated rings. The molecule has 1 spiro atoms. The highest BCUT2D eigenvalue weighted by atomic mass is 16.5. The molecule has 350 valence electrons. The fourth-order valence-electron chi connectivity index (χ4n) is 15.9. The molecule has 4 aliphatic heterocycles. The molecule has 13 rings (SSSR count). The Morgan fingerprint density at radius 1 is 0.500 bits per heavy atom. The summed E-state index contributed by atoms with van der Waals surface area (Å²) in [6, 6.07) is 29.4. The number of fused-ring (bicyclic) bond motifs is 7. The Bertz CT molecular complexity index is 4140. The molecule has 19 heteroatoms. The summed E-state index contributed by atoms with van der Waals surface area (Å²) in [5, 5.41) is 2.33. The number of nitrogens with zero attached hydrogens (tertiary/aromatic N) is 2. The van der Waals surface area contributed by atoms with Crippen LogP contribution in [0.25, 0.3) is 38.8 Å². The van der Waals surface area contributed by atoms with Crippen molar-refractivity contribution in [2.45, 2.75) is 29.7 Å². The van der Waals surface area contributed by atoms with Gasteiger partial charge in [0, 0.05) is 44.6 Å². The van der Waals surface area contributed by atoms with Crippen molar-refractivity contribution in [3.05, 3.63) is 154 Å². The van der Waals surface area contributed by atoms with Crippen molar-refractivity contribution < 1.29 is 4.74 Å². The third-order valence-corrected chi connectivity index (χ3v) is 20.8. The minimum Gasteiger partial charge on any atom is -0.457 e. The topological polar surface area (TPSA) is 43.4 Å². The molecular formula is C57H56B15N3O. The van der Waals surface area contributed by atoms with Crippen LogP contribution < -0.4 is 97.3 Å². The zero-order valence-electron chi connectivity index (χ0n) is 47.5. The van der Waals surface area contributed by atoms with Crippen LogP contribution in [0.4, 0.5) is 11.4 Å². The van der Waals surface area contributed by atoms with E-state index in [4.69, 9.17) is 10.5 Å². The normalized spacial score (nSPS) is 22.7. The number of anilines is 2. The number of para-hydroxylation sites is 2. The van der Waals surface area contributed by atoms with Crippen LogP contribution in [0.15, 0.2) is 121 Å². The standard InChI is InChI=1S/C57H56B15N3O/c1-21-20-32(73)75-27-11-4-2-8-23(27)24-15-16-31-37(54(24)75)57(19-17-22(21)33-39(58)45(64)51(70)46(65)40(33)59)36-29(13-6-14-30(36)76-31)74-28-12-5-3-9-25(28)35(55(57)74)56(38-43(62)49(68)53(72)50(69)44(38)63)18-7-10-26(56)34-41(60)47(66)52(71)48(67)42(34)61/h2-20,35,55H,58-73H2,1H3/b19-17+,22-21+,32-20+. The number of benzene rings is 7. The molecule has 1 aromatic heterocycles. The lowest BCUT2D eigenvalue weighted by Gasteiger charge is -2.49. The predicted octanol–water partition coefficient (Wildman–Crippen LogP) is -12.9. The summed E-state index contributed by atoms with van der Waals surface area (Å²) in [4.78, 5) is 2.76. The highest BCUT2D eigenvalue weighted by Gasteiger charge is 2.67.